The molecule has 0 saturated carbocycles. The van der Waals surface area contributed by atoms with Crippen LogP contribution in [0.15, 0.2) is 23.1 Å². The minimum atomic E-state index is -3.61. The number of rotatable bonds is 9. The Kier molecular flexibility index (Phi) is 7.35. The third-order valence-corrected chi connectivity index (χ3v) is 5.01. The number of sulfonamides is 1. The van der Waals surface area contributed by atoms with E-state index in [0.717, 1.165) is 0 Å². The molecule has 5 nitrogen and oxygen atoms in total. The van der Waals surface area contributed by atoms with Crippen molar-refractivity contribution in [1.29, 1.82) is 0 Å². The van der Waals surface area contributed by atoms with Crippen LogP contribution in [-0.2, 0) is 10.0 Å². The van der Waals surface area contributed by atoms with E-state index in [1.165, 1.54) is 6.07 Å². The van der Waals surface area contributed by atoms with Crippen molar-refractivity contribution in [2.24, 2.45) is 11.8 Å². The summed E-state index contributed by atoms with van der Waals surface area (Å²) in [6, 6.07) is 4.59. The second kappa shape index (κ2) is 8.55. The molecule has 0 aromatic heterocycles. The summed E-state index contributed by atoms with van der Waals surface area (Å²) < 4.78 is 39.1. The van der Waals surface area contributed by atoms with Crippen molar-refractivity contribution in [1.82, 2.24) is 4.72 Å². The molecular formula is C17H29NO4S. The Morgan fingerprint density at radius 1 is 0.957 bits per heavy atom. The predicted octanol–water partition coefficient (Wildman–Crippen LogP) is 3.44. The fourth-order valence-corrected chi connectivity index (χ4v) is 4.04. The van der Waals surface area contributed by atoms with Crippen molar-refractivity contribution < 1.29 is 17.9 Å². The van der Waals surface area contributed by atoms with Crippen molar-refractivity contribution >= 4 is 10.0 Å². The van der Waals surface area contributed by atoms with E-state index in [-0.39, 0.29) is 22.8 Å². The van der Waals surface area contributed by atoms with Gasteiger partial charge in [0, 0.05) is 12.1 Å². The standard InChI is InChI=1S/C17H29NO4S/c1-7-21-15-10-9-14(11-16(15)22-8-2)23(19,20)18-17(12(3)4)13(5)6/h9-13,17-18H,7-8H2,1-6H3. The molecule has 1 rings (SSSR count). The molecule has 0 aliphatic carbocycles. The van der Waals surface area contributed by atoms with Gasteiger partial charge in [0.1, 0.15) is 0 Å². The molecule has 0 radical (unpaired) electrons. The van der Waals surface area contributed by atoms with Gasteiger partial charge in [-0.15, -0.1) is 0 Å². The summed E-state index contributed by atoms with van der Waals surface area (Å²) >= 11 is 0. The lowest BCUT2D eigenvalue weighted by Gasteiger charge is -2.26. The average molecular weight is 343 g/mol. The van der Waals surface area contributed by atoms with Crippen LogP contribution < -0.4 is 14.2 Å². The number of hydrogen-bond donors (Lipinski definition) is 1. The number of ether oxygens (including phenoxy) is 2. The van der Waals surface area contributed by atoms with Gasteiger partial charge >= 0.3 is 0 Å². The van der Waals surface area contributed by atoms with Crippen LogP contribution in [0, 0.1) is 11.8 Å². The summed E-state index contributed by atoms with van der Waals surface area (Å²) in [4.78, 5) is 0.190. The molecule has 0 fully saturated rings. The molecule has 0 heterocycles. The van der Waals surface area contributed by atoms with Gasteiger partial charge in [-0.25, -0.2) is 13.1 Å². The second-order valence-electron chi connectivity index (χ2n) is 6.11. The van der Waals surface area contributed by atoms with Gasteiger partial charge in [-0.3, -0.25) is 0 Å². The highest BCUT2D eigenvalue weighted by molar-refractivity contribution is 7.89. The zero-order chi connectivity index (χ0) is 17.6. The van der Waals surface area contributed by atoms with Crippen LogP contribution in [0.2, 0.25) is 0 Å². The summed E-state index contributed by atoms with van der Waals surface area (Å²) in [5.41, 5.74) is 0. The van der Waals surface area contributed by atoms with Crippen LogP contribution in [0.1, 0.15) is 41.5 Å². The maximum absolute atomic E-state index is 12.7. The van der Waals surface area contributed by atoms with Crippen LogP contribution in [-0.4, -0.2) is 27.7 Å². The highest BCUT2D eigenvalue weighted by Crippen LogP contribution is 2.30. The normalized spacial score (nSPS) is 12.2. The Labute approximate surface area is 140 Å². The zero-order valence-corrected chi connectivity index (χ0v) is 15.7. The summed E-state index contributed by atoms with van der Waals surface area (Å²) in [5.74, 6) is 1.41. The lowest BCUT2D eigenvalue weighted by molar-refractivity contribution is 0.287. The fraction of sp³-hybridized carbons (Fsp3) is 0.647. The highest BCUT2D eigenvalue weighted by atomic mass is 32.2. The molecule has 132 valence electrons. The third-order valence-electron chi connectivity index (χ3n) is 3.55. The van der Waals surface area contributed by atoms with E-state index < -0.39 is 10.0 Å². The summed E-state index contributed by atoms with van der Waals surface area (Å²) in [5, 5.41) is 0. The Hall–Kier alpha value is -1.27. The van der Waals surface area contributed by atoms with Crippen molar-refractivity contribution in [3.05, 3.63) is 18.2 Å². The zero-order valence-electron chi connectivity index (χ0n) is 14.9. The van der Waals surface area contributed by atoms with Crippen LogP contribution in [0.5, 0.6) is 11.5 Å². The maximum Gasteiger partial charge on any atom is 0.240 e. The molecule has 1 N–H and O–H groups in total. The molecule has 1 aromatic carbocycles. The average Bonchev–Trinajstić information content (AvgIpc) is 2.46. The molecule has 0 unspecified atom stereocenters. The van der Waals surface area contributed by atoms with E-state index in [1.54, 1.807) is 12.1 Å². The minimum absolute atomic E-state index is 0.123. The van der Waals surface area contributed by atoms with Crippen molar-refractivity contribution in [3.8, 4) is 11.5 Å². The SMILES string of the molecule is CCOc1ccc(S(=O)(=O)NC(C(C)C)C(C)C)cc1OCC. The summed E-state index contributed by atoms with van der Waals surface area (Å²) in [6.45, 7) is 12.7. The molecule has 0 aliphatic rings. The molecule has 23 heavy (non-hydrogen) atoms. The van der Waals surface area contributed by atoms with Gasteiger partial charge in [-0.05, 0) is 37.8 Å². The molecule has 0 atom stereocenters. The number of benzene rings is 1. The van der Waals surface area contributed by atoms with Gasteiger partial charge in [0.15, 0.2) is 11.5 Å². The lowest BCUT2D eigenvalue weighted by atomic mass is 9.94. The number of hydrogen-bond acceptors (Lipinski definition) is 4. The van der Waals surface area contributed by atoms with Gasteiger partial charge in [0.25, 0.3) is 0 Å². The summed E-state index contributed by atoms with van der Waals surface area (Å²) in [7, 11) is -3.61. The first-order valence-corrected chi connectivity index (χ1v) is 9.63. The molecule has 0 spiro atoms. The van der Waals surface area contributed by atoms with Crippen molar-refractivity contribution in [2.45, 2.75) is 52.5 Å². The smallest absolute Gasteiger partial charge is 0.240 e. The number of nitrogens with one attached hydrogen (secondary N) is 1. The Morgan fingerprint density at radius 3 is 1.96 bits per heavy atom. The van der Waals surface area contributed by atoms with Crippen LogP contribution in [0.3, 0.4) is 0 Å². The molecular weight excluding hydrogens is 314 g/mol. The molecule has 0 amide bonds. The van der Waals surface area contributed by atoms with E-state index in [1.807, 2.05) is 41.5 Å². The van der Waals surface area contributed by atoms with Gasteiger partial charge in [-0.2, -0.15) is 0 Å². The van der Waals surface area contributed by atoms with Crippen LogP contribution >= 0.6 is 0 Å². The van der Waals surface area contributed by atoms with Crippen LogP contribution in [0.4, 0.5) is 0 Å². The van der Waals surface area contributed by atoms with Gasteiger partial charge in [0.2, 0.25) is 10.0 Å². The molecule has 1 aromatic rings. The monoisotopic (exact) mass is 343 g/mol. The van der Waals surface area contributed by atoms with Gasteiger partial charge < -0.3 is 9.47 Å². The molecule has 6 heteroatoms. The molecule has 0 saturated heterocycles. The molecule has 0 bridgehead atoms. The van der Waals surface area contributed by atoms with Gasteiger partial charge in [-0.1, -0.05) is 27.7 Å². The van der Waals surface area contributed by atoms with Crippen molar-refractivity contribution in [3.63, 3.8) is 0 Å². The topological polar surface area (TPSA) is 64.6 Å². The van der Waals surface area contributed by atoms with Gasteiger partial charge in [0.05, 0.1) is 18.1 Å². The Balaban J connectivity index is 3.15. The first-order valence-electron chi connectivity index (χ1n) is 8.14. The van der Waals surface area contributed by atoms with E-state index in [0.29, 0.717) is 24.7 Å². The van der Waals surface area contributed by atoms with E-state index in [9.17, 15) is 8.42 Å². The van der Waals surface area contributed by atoms with E-state index in [2.05, 4.69) is 4.72 Å². The Bertz CT molecular complexity index is 589. The minimum Gasteiger partial charge on any atom is -0.490 e. The van der Waals surface area contributed by atoms with E-state index in [4.69, 9.17) is 9.47 Å². The second-order valence-corrected chi connectivity index (χ2v) is 7.82. The van der Waals surface area contributed by atoms with Crippen molar-refractivity contribution in [2.75, 3.05) is 13.2 Å². The predicted molar refractivity (Wildman–Crippen MR) is 92.6 cm³/mol. The summed E-state index contributed by atoms with van der Waals surface area (Å²) in [6.07, 6.45) is 0. The van der Waals surface area contributed by atoms with E-state index >= 15 is 0 Å². The first-order chi connectivity index (χ1) is 10.7. The highest BCUT2D eigenvalue weighted by Gasteiger charge is 2.25. The molecule has 0 aliphatic heterocycles. The van der Waals surface area contributed by atoms with Crippen LogP contribution in [0.25, 0.3) is 0 Å². The fourth-order valence-electron chi connectivity index (χ4n) is 2.49. The Morgan fingerprint density at radius 2 is 1.48 bits per heavy atom. The lowest BCUT2D eigenvalue weighted by Crippen LogP contribution is -2.42. The largest absolute Gasteiger partial charge is 0.490 e. The maximum atomic E-state index is 12.7. The third kappa shape index (κ3) is 5.39. The quantitative estimate of drug-likeness (QED) is 0.746. The first kappa shape index (κ1) is 19.8.